The highest BCUT2D eigenvalue weighted by molar-refractivity contribution is 6.21. The monoisotopic (exact) mass is 277 g/mol. The van der Waals surface area contributed by atoms with Crippen molar-refractivity contribution in [2.24, 2.45) is 0 Å². The molecule has 0 saturated heterocycles. The first-order valence-corrected chi connectivity index (χ1v) is 5.14. The lowest BCUT2D eigenvalue weighted by Crippen LogP contribution is -2.39. The van der Waals surface area contributed by atoms with E-state index in [4.69, 9.17) is 5.11 Å². The number of rotatable bonds is 3. The third-order valence-corrected chi connectivity index (χ3v) is 2.67. The van der Waals surface area contributed by atoms with Gasteiger partial charge in [-0.2, -0.15) is 0 Å². The van der Waals surface area contributed by atoms with E-state index >= 15 is 0 Å². The summed E-state index contributed by atoms with van der Waals surface area (Å²) in [4.78, 5) is 23.7. The van der Waals surface area contributed by atoms with Gasteiger partial charge in [0.15, 0.2) is 11.6 Å². The zero-order chi connectivity index (χ0) is 14.3. The largest absolute Gasteiger partial charge is 0.385 e. The van der Waals surface area contributed by atoms with E-state index in [2.05, 4.69) is 0 Å². The number of hydrogen-bond donors (Lipinski definition) is 1. The third kappa shape index (κ3) is 2.19. The van der Waals surface area contributed by atoms with E-state index in [0.717, 1.165) is 0 Å². The summed E-state index contributed by atoms with van der Waals surface area (Å²) >= 11 is 0. The molecule has 2 amide bonds. The van der Waals surface area contributed by atoms with Crippen LogP contribution < -0.4 is 0 Å². The predicted octanol–water partition coefficient (Wildman–Crippen LogP) is 1.19. The molecular formula is C11H7F4NO3. The Kier molecular flexibility index (Phi) is 3.27. The van der Waals surface area contributed by atoms with Gasteiger partial charge in [0.25, 0.3) is 18.2 Å². The van der Waals surface area contributed by atoms with Gasteiger partial charge in [0.1, 0.15) is 6.10 Å². The van der Waals surface area contributed by atoms with E-state index in [0.29, 0.717) is 17.0 Å². The zero-order valence-corrected chi connectivity index (χ0v) is 9.24. The van der Waals surface area contributed by atoms with Crippen LogP contribution in [0.4, 0.5) is 17.6 Å². The number of nitrogens with zero attached hydrogens (tertiary/aromatic N) is 1. The summed E-state index contributed by atoms with van der Waals surface area (Å²) in [6.45, 7) is -0.937. The van der Waals surface area contributed by atoms with E-state index in [9.17, 15) is 27.2 Å². The Balaban J connectivity index is 2.34. The van der Waals surface area contributed by atoms with Crippen molar-refractivity contribution >= 4 is 11.8 Å². The summed E-state index contributed by atoms with van der Waals surface area (Å²) in [5, 5.41) is 8.97. The number of imide groups is 1. The fourth-order valence-electron chi connectivity index (χ4n) is 1.72. The lowest BCUT2D eigenvalue weighted by Gasteiger charge is -2.17. The quantitative estimate of drug-likeness (QED) is 0.667. The molecule has 0 bridgehead atoms. The molecule has 1 aliphatic heterocycles. The van der Waals surface area contributed by atoms with Crippen molar-refractivity contribution in [3.63, 3.8) is 0 Å². The molecule has 0 aromatic heterocycles. The Morgan fingerprint density at radius 2 is 1.47 bits per heavy atom. The highest BCUT2D eigenvalue weighted by Crippen LogP contribution is 2.25. The van der Waals surface area contributed by atoms with Gasteiger partial charge < -0.3 is 5.11 Å². The second-order valence-electron chi connectivity index (χ2n) is 3.93. The molecule has 19 heavy (non-hydrogen) atoms. The lowest BCUT2D eigenvalue weighted by molar-refractivity contribution is -0.0171. The minimum absolute atomic E-state index is 0.334. The number of aliphatic hydroxyl groups is 1. The van der Waals surface area contributed by atoms with Crippen LogP contribution >= 0.6 is 0 Å². The SMILES string of the molecule is O=C1c2cc(F)c(F)cc2C(=O)N1CC(O)C(F)F. The van der Waals surface area contributed by atoms with Crippen molar-refractivity contribution in [2.45, 2.75) is 12.5 Å². The maximum atomic E-state index is 13.0. The minimum Gasteiger partial charge on any atom is -0.385 e. The van der Waals surface area contributed by atoms with E-state index in [1.54, 1.807) is 0 Å². The van der Waals surface area contributed by atoms with Gasteiger partial charge in [0.2, 0.25) is 0 Å². The van der Waals surface area contributed by atoms with Crippen molar-refractivity contribution in [3.05, 3.63) is 34.9 Å². The van der Waals surface area contributed by atoms with Gasteiger partial charge >= 0.3 is 0 Å². The summed E-state index contributed by atoms with van der Waals surface area (Å²) < 4.78 is 50.3. The summed E-state index contributed by atoms with van der Waals surface area (Å²) in [5.74, 6) is -4.73. The van der Waals surface area contributed by atoms with Gasteiger partial charge in [-0.25, -0.2) is 17.6 Å². The number of β-amino-alcohol motifs (C(OH)–C–C–N with tert-alkyl or cyclic N) is 1. The molecule has 0 radical (unpaired) electrons. The van der Waals surface area contributed by atoms with Crippen LogP contribution in [0.2, 0.25) is 0 Å². The molecule has 0 spiro atoms. The molecule has 0 saturated carbocycles. The van der Waals surface area contributed by atoms with Crippen molar-refractivity contribution in [2.75, 3.05) is 6.54 Å². The van der Waals surface area contributed by atoms with Crippen molar-refractivity contribution in [3.8, 4) is 0 Å². The molecule has 0 aliphatic carbocycles. The molecule has 1 atom stereocenters. The van der Waals surface area contributed by atoms with Crippen LogP contribution in [0.5, 0.6) is 0 Å². The molecule has 0 fully saturated rings. The molecule has 1 N–H and O–H groups in total. The molecule has 1 aromatic rings. The molecule has 4 nitrogen and oxygen atoms in total. The van der Waals surface area contributed by atoms with E-state index in [1.807, 2.05) is 0 Å². The van der Waals surface area contributed by atoms with Crippen LogP contribution in [0.1, 0.15) is 20.7 Å². The van der Waals surface area contributed by atoms with Crippen LogP contribution in [0.15, 0.2) is 12.1 Å². The summed E-state index contributed by atoms with van der Waals surface area (Å²) in [7, 11) is 0. The number of carbonyl (C=O) groups excluding carboxylic acids is 2. The van der Waals surface area contributed by atoms with Crippen molar-refractivity contribution in [1.82, 2.24) is 4.90 Å². The average molecular weight is 277 g/mol. The topological polar surface area (TPSA) is 57.6 Å². The Labute approximate surface area is 104 Å². The number of hydrogen-bond acceptors (Lipinski definition) is 3. The van der Waals surface area contributed by atoms with Gasteiger partial charge in [-0.05, 0) is 12.1 Å². The number of alkyl halides is 2. The standard InChI is InChI=1S/C11H7F4NO3/c12-6-1-4-5(2-7(6)13)11(19)16(10(4)18)3-8(17)9(14)15/h1-2,8-9,17H,3H2. The van der Waals surface area contributed by atoms with Gasteiger partial charge in [-0.3, -0.25) is 14.5 Å². The molecule has 1 aliphatic rings. The lowest BCUT2D eigenvalue weighted by atomic mass is 10.1. The second kappa shape index (κ2) is 4.61. The molecule has 2 rings (SSSR count). The van der Waals surface area contributed by atoms with Crippen LogP contribution in [0.25, 0.3) is 0 Å². The van der Waals surface area contributed by atoms with Gasteiger partial charge in [-0.1, -0.05) is 0 Å². The number of carbonyl (C=O) groups is 2. The Morgan fingerprint density at radius 3 is 1.84 bits per heavy atom. The van der Waals surface area contributed by atoms with Crippen LogP contribution in [-0.4, -0.2) is 40.9 Å². The first-order valence-electron chi connectivity index (χ1n) is 5.14. The molecule has 1 unspecified atom stereocenters. The molecule has 8 heteroatoms. The van der Waals surface area contributed by atoms with E-state index in [-0.39, 0.29) is 0 Å². The van der Waals surface area contributed by atoms with Gasteiger partial charge in [-0.15, -0.1) is 0 Å². The number of fused-ring (bicyclic) bond motifs is 1. The van der Waals surface area contributed by atoms with Gasteiger partial charge in [0.05, 0.1) is 17.7 Å². The summed E-state index contributed by atoms with van der Waals surface area (Å²) in [6, 6.07) is 1.05. The number of halogens is 4. The fourth-order valence-corrected chi connectivity index (χ4v) is 1.72. The maximum Gasteiger partial charge on any atom is 0.265 e. The van der Waals surface area contributed by atoms with Crippen LogP contribution in [0.3, 0.4) is 0 Å². The van der Waals surface area contributed by atoms with Crippen LogP contribution in [0, 0.1) is 11.6 Å². The van der Waals surface area contributed by atoms with Crippen molar-refractivity contribution in [1.29, 1.82) is 0 Å². The first kappa shape index (κ1) is 13.5. The van der Waals surface area contributed by atoms with Gasteiger partial charge in [0, 0.05) is 0 Å². The Hall–Kier alpha value is -1.96. The number of aliphatic hydroxyl groups excluding tert-OH is 1. The molecular weight excluding hydrogens is 270 g/mol. The fraction of sp³-hybridized carbons (Fsp3) is 0.273. The van der Waals surface area contributed by atoms with Crippen LogP contribution in [-0.2, 0) is 0 Å². The Bertz CT molecular complexity index is 520. The highest BCUT2D eigenvalue weighted by atomic mass is 19.3. The average Bonchev–Trinajstić information content (AvgIpc) is 2.55. The maximum absolute atomic E-state index is 13.0. The highest BCUT2D eigenvalue weighted by Gasteiger charge is 2.38. The second-order valence-corrected chi connectivity index (χ2v) is 3.93. The molecule has 1 heterocycles. The molecule has 1 aromatic carbocycles. The Morgan fingerprint density at radius 1 is 1.05 bits per heavy atom. The smallest absolute Gasteiger partial charge is 0.265 e. The predicted molar refractivity (Wildman–Crippen MR) is 53.7 cm³/mol. The normalized spacial score (nSPS) is 16.2. The summed E-state index contributed by atoms with van der Waals surface area (Å²) in [5.41, 5.74) is -0.823. The van der Waals surface area contributed by atoms with E-state index in [1.165, 1.54) is 0 Å². The van der Waals surface area contributed by atoms with E-state index < -0.39 is 53.6 Å². The minimum atomic E-state index is -3.14. The van der Waals surface area contributed by atoms with Crippen molar-refractivity contribution < 1.29 is 32.3 Å². The zero-order valence-electron chi connectivity index (χ0n) is 9.24. The number of amides is 2. The molecule has 102 valence electrons. The summed E-state index contributed by atoms with van der Waals surface area (Å²) in [6.07, 6.45) is -5.35. The number of benzene rings is 1. The third-order valence-electron chi connectivity index (χ3n) is 2.67. The first-order chi connectivity index (χ1) is 8.82.